The van der Waals surface area contributed by atoms with E-state index in [0.29, 0.717) is 29.7 Å². The van der Waals surface area contributed by atoms with Crippen LogP contribution in [0.25, 0.3) is 0 Å². The van der Waals surface area contributed by atoms with Crippen LogP contribution in [-0.2, 0) is 6.61 Å². The number of hydrogen-bond donors (Lipinski definition) is 1. The van der Waals surface area contributed by atoms with Crippen LogP contribution >= 0.6 is 11.6 Å². The van der Waals surface area contributed by atoms with Crippen LogP contribution < -0.4 is 9.47 Å². The summed E-state index contributed by atoms with van der Waals surface area (Å²) < 4.78 is 11.1. The van der Waals surface area contributed by atoms with Gasteiger partial charge in [-0.25, -0.2) is 4.79 Å². The van der Waals surface area contributed by atoms with Crippen LogP contribution in [0.1, 0.15) is 22.8 Å². The maximum absolute atomic E-state index is 11.0. The van der Waals surface area contributed by atoms with E-state index in [1.807, 2.05) is 19.1 Å². The van der Waals surface area contributed by atoms with Gasteiger partial charge in [-0.15, -0.1) is 0 Å². The molecule has 0 amide bonds. The summed E-state index contributed by atoms with van der Waals surface area (Å²) >= 11 is 5.83. The molecule has 21 heavy (non-hydrogen) atoms. The molecule has 0 saturated heterocycles. The van der Waals surface area contributed by atoms with Crippen molar-refractivity contribution in [1.82, 2.24) is 0 Å². The molecular formula is C16H15ClO4. The molecule has 0 saturated carbocycles. The van der Waals surface area contributed by atoms with Crippen LogP contribution in [0.5, 0.6) is 11.5 Å². The Hall–Kier alpha value is -2.20. The number of halogens is 1. The molecule has 4 nitrogen and oxygen atoms in total. The molecule has 0 heterocycles. The number of ether oxygens (including phenoxy) is 2. The third kappa shape index (κ3) is 4.13. The molecule has 0 aromatic heterocycles. The van der Waals surface area contributed by atoms with Crippen molar-refractivity contribution in [1.29, 1.82) is 0 Å². The van der Waals surface area contributed by atoms with E-state index in [1.54, 1.807) is 18.2 Å². The highest BCUT2D eigenvalue weighted by Crippen LogP contribution is 2.29. The Labute approximate surface area is 127 Å². The van der Waals surface area contributed by atoms with Gasteiger partial charge in [0.25, 0.3) is 0 Å². The van der Waals surface area contributed by atoms with Crippen LogP contribution in [-0.4, -0.2) is 17.7 Å². The van der Waals surface area contributed by atoms with E-state index in [4.69, 9.17) is 26.2 Å². The van der Waals surface area contributed by atoms with E-state index in [9.17, 15) is 4.79 Å². The largest absolute Gasteiger partial charge is 0.490 e. The predicted molar refractivity (Wildman–Crippen MR) is 80.4 cm³/mol. The van der Waals surface area contributed by atoms with Crippen LogP contribution in [0, 0.1) is 0 Å². The molecule has 0 radical (unpaired) electrons. The Morgan fingerprint density at radius 3 is 2.43 bits per heavy atom. The Kier molecular flexibility index (Phi) is 5.06. The van der Waals surface area contributed by atoms with E-state index in [0.717, 1.165) is 5.56 Å². The maximum Gasteiger partial charge on any atom is 0.335 e. The summed E-state index contributed by atoms with van der Waals surface area (Å²) in [5.74, 6) is -0.0663. The molecule has 5 heteroatoms. The molecule has 0 bridgehead atoms. The summed E-state index contributed by atoms with van der Waals surface area (Å²) in [7, 11) is 0. The Morgan fingerprint density at radius 2 is 1.81 bits per heavy atom. The average molecular weight is 307 g/mol. The van der Waals surface area contributed by atoms with Crippen molar-refractivity contribution in [3.63, 3.8) is 0 Å². The number of aromatic carboxylic acids is 1. The van der Waals surface area contributed by atoms with Gasteiger partial charge in [-0.2, -0.15) is 0 Å². The van der Waals surface area contributed by atoms with Gasteiger partial charge in [0.15, 0.2) is 11.5 Å². The van der Waals surface area contributed by atoms with Crippen LogP contribution in [0.3, 0.4) is 0 Å². The first kappa shape index (κ1) is 15.2. The van der Waals surface area contributed by atoms with Crippen molar-refractivity contribution in [2.45, 2.75) is 13.5 Å². The first-order chi connectivity index (χ1) is 10.1. The molecule has 0 aliphatic rings. The first-order valence-corrected chi connectivity index (χ1v) is 6.85. The molecule has 0 aliphatic carbocycles. The zero-order valence-corrected chi connectivity index (χ0v) is 12.3. The highest BCUT2D eigenvalue weighted by atomic mass is 35.5. The minimum absolute atomic E-state index is 0.164. The number of hydrogen-bond acceptors (Lipinski definition) is 3. The summed E-state index contributed by atoms with van der Waals surface area (Å²) in [6, 6.07) is 11.9. The van der Waals surface area contributed by atoms with Crippen molar-refractivity contribution < 1.29 is 19.4 Å². The van der Waals surface area contributed by atoms with Crippen molar-refractivity contribution in [2.75, 3.05) is 6.61 Å². The molecule has 110 valence electrons. The summed E-state index contributed by atoms with van der Waals surface area (Å²) in [6.45, 7) is 2.61. The molecule has 0 fully saturated rings. The van der Waals surface area contributed by atoms with Gasteiger partial charge >= 0.3 is 5.97 Å². The summed E-state index contributed by atoms with van der Waals surface area (Å²) in [4.78, 5) is 11.0. The van der Waals surface area contributed by atoms with Crippen LogP contribution in [0.4, 0.5) is 0 Å². The Morgan fingerprint density at radius 1 is 1.10 bits per heavy atom. The fourth-order valence-electron chi connectivity index (χ4n) is 1.77. The molecule has 0 atom stereocenters. The van der Waals surface area contributed by atoms with Gasteiger partial charge in [0.05, 0.1) is 12.2 Å². The van der Waals surface area contributed by atoms with E-state index in [1.165, 1.54) is 12.1 Å². The monoisotopic (exact) mass is 306 g/mol. The topological polar surface area (TPSA) is 55.8 Å². The van der Waals surface area contributed by atoms with E-state index in [-0.39, 0.29) is 5.56 Å². The number of rotatable bonds is 6. The highest BCUT2D eigenvalue weighted by molar-refractivity contribution is 6.30. The lowest BCUT2D eigenvalue weighted by atomic mass is 10.2. The van der Waals surface area contributed by atoms with Crippen molar-refractivity contribution in [3.8, 4) is 11.5 Å². The average Bonchev–Trinajstić information content (AvgIpc) is 2.47. The normalized spacial score (nSPS) is 10.2. The third-order valence-electron chi connectivity index (χ3n) is 2.80. The summed E-state index contributed by atoms with van der Waals surface area (Å²) in [5, 5.41) is 9.66. The molecule has 2 aromatic carbocycles. The van der Waals surface area contributed by atoms with Gasteiger partial charge in [0.2, 0.25) is 0 Å². The van der Waals surface area contributed by atoms with Gasteiger partial charge in [-0.05, 0) is 42.8 Å². The SMILES string of the molecule is CCOc1cc(C(=O)O)ccc1OCc1ccc(Cl)cc1. The van der Waals surface area contributed by atoms with Gasteiger partial charge in [-0.1, -0.05) is 23.7 Å². The van der Waals surface area contributed by atoms with Gasteiger partial charge < -0.3 is 14.6 Å². The summed E-state index contributed by atoms with van der Waals surface area (Å²) in [5.41, 5.74) is 1.13. The Bertz CT molecular complexity index is 623. The smallest absolute Gasteiger partial charge is 0.335 e. The maximum atomic E-state index is 11.0. The number of benzene rings is 2. The molecule has 2 rings (SSSR count). The number of carboxylic acids is 1. The minimum Gasteiger partial charge on any atom is -0.490 e. The molecule has 0 spiro atoms. The predicted octanol–water partition coefficient (Wildman–Crippen LogP) is 4.02. The molecule has 2 aromatic rings. The lowest BCUT2D eigenvalue weighted by molar-refractivity contribution is 0.0696. The second-order valence-corrected chi connectivity index (χ2v) is 4.75. The minimum atomic E-state index is -1.000. The first-order valence-electron chi connectivity index (χ1n) is 6.47. The van der Waals surface area contributed by atoms with Crippen molar-refractivity contribution in [3.05, 3.63) is 58.6 Å². The number of carboxylic acid groups (broad SMARTS) is 1. The quantitative estimate of drug-likeness (QED) is 0.876. The van der Waals surface area contributed by atoms with Gasteiger partial charge in [-0.3, -0.25) is 0 Å². The van der Waals surface area contributed by atoms with Gasteiger partial charge in [0.1, 0.15) is 6.61 Å². The molecule has 1 N–H and O–H groups in total. The summed E-state index contributed by atoms with van der Waals surface area (Å²) in [6.07, 6.45) is 0. The fraction of sp³-hybridized carbons (Fsp3) is 0.188. The van der Waals surface area contributed by atoms with Crippen LogP contribution in [0.15, 0.2) is 42.5 Å². The fourth-order valence-corrected chi connectivity index (χ4v) is 1.90. The number of carbonyl (C=O) groups is 1. The van der Waals surface area contributed by atoms with E-state index >= 15 is 0 Å². The van der Waals surface area contributed by atoms with Crippen molar-refractivity contribution >= 4 is 17.6 Å². The Balaban J connectivity index is 2.14. The molecule has 0 unspecified atom stereocenters. The second-order valence-electron chi connectivity index (χ2n) is 4.31. The lowest BCUT2D eigenvalue weighted by Crippen LogP contribution is -2.02. The standard InChI is InChI=1S/C16H15ClO4/c1-2-20-15-9-12(16(18)19)5-8-14(15)21-10-11-3-6-13(17)7-4-11/h3-9H,2,10H2,1H3,(H,18,19). The van der Waals surface area contributed by atoms with Crippen molar-refractivity contribution in [2.24, 2.45) is 0 Å². The lowest BCUT2D eigenvalue weighted by Gasteiger charge is -2.12. The molecule has 0 aliphatic heterocycles. The van der Waals surface area contributed by atoms with E-state index in [2.05, 4.69) is 0 Å². The third-order valence-corrected chi connectivity index (χ3v) is 3.05. The van der Waals surface area contributed by atoms with E-state index < -0.39 is 5.97 Å². The molecular weight excluding hydrogens is 292 g/mol. The zero-order chi connectivity index (χ0) is 15.2. The second kappa shape index (κ2) is 6.99. The van der Waals surface area contributed by atoms with Gasteiger partial charge in [0, 0.05) is 5.02 Å². The zero-order valence-electron chi connectivity index (χ0n) is 11.5. The van der Waals surface area contributed by atoms with Crippen LogP contribution in [0.2, 0.25) is 5.02 Å². The highest BCUT2D eigenvalue weighted by Gasteiger charge is 2.10.